The van der Waals surface area contributed by atoms with Gasteiger partial charge in [-0.2, -0.15) is 0 Å². The van der Waals surface area contributed by atoms with Gasteiger partial charge in [0, 0.05) is 6.04 Å². The molecule has 0 amide bonds. The predicted molar refractivity (Wildman–Crippen MR) is 79.8 cm³/mol. The number of hydrogen-bond acceptors (Lipinski definition) is 3. The molecule has 1 aromatic carbocycles. The zero-order valence-electron chi connectivity index (χ0n) is 12.7. The highest BCUT2D eigenvalue weighted by molar-refractivity contribution is 5.67. The number of rotatable bonds is 7. The highest BCUT2D eigenvalue weighted by Crippen LogP contribution is 2.23. The Kier molecular flexibility index (Phi) is 6.17. The number of aliphatic hydroxyl groups excluding tert-OH is 1. The number of aryl methyl sites for hydroxylation is 2. The lowest BCUT2D eigenvalue weighted by Crippen LogP contribution is -2.39. The molecule has 112 valence electrons. The van der Waals surface area contributed by atoms with Crippen molar-refractivity contribution >= 4 is 5.97 Å². The number of aliphatic hydroxyl groups is 1. The van der Waals surface area contributed by atoms with Crippen molar-refractivity contribution in [2.75, 3.05) is 6.54 Å². The Morgan fingerprint density at radius 1 is 1.30 bits per heavy atom. The molecule has 4 nitrogen and oxygen atoms in total. The van der Waals surface area contributed by atoms with Crippen LogP contribution < -0.4 is 5.32 Å². The van der Waals surface area contributed by atoms with Gasteiger partial charge in [-0.25, -0.2) is 0 Å². The number of hydrogen-bond donors (Lipinski definition) is 3. The number of benzene rings is 1. The highest BCUT2D eigenvalue weighted by atomic mass is 16.4. The highest BCUT2D eigenvalue weighted by Gasteiger charge is 2.24. The molecule has 2 unspecified atom stereocenters. The van der Waals surface area contributed by atoms with Gasteiger partial charge < -0.3 is 15.5 Å². The number of aliphatic carboxylic acids is 1. The third-order valence-corrected chi connectivity index (χ3v) is 3.31. The predicted octanol–water partition coefficient (Wildman–Crippen LogP) is 2.43. The van der Waals surface area contributed by atoms with Crippen molar-refractivity contribution < 1.29 is 15.0 Å². The maximum absolute atomic E-state index is 11.0. The molecule has 0 heterocycles. The maximum Gasteiger partial charge on any atom is 0.305 e. The van der Waals surface area contributed by atoms with Crippen LogP contribution in [-0.2, 0) is 4.79 Å². The van der Waals surface area contributed by atoms with Crippen LogP contribution in [0.2, 0.25) is 0 Å². The summed E-state index contributed by atoms with van der Waals surface area (Å²) in [6.45, 7) is 8.71. The third-order valence-electron chi connectivity index (χ3n) is 3.31. The molecule has 0 saturated heterocycles. The summed E-state index contributed by atoms with van der Waals surface area (Å²) in [6.07, 6.45) is -0.910. The topological polar surface area (TPSA) is 69.6 Å². The molecule has 1 aromatic rings. The monoisotopic (exact) mass is 279 g/mol. The molecule has 0 aliphatic heterocycles. The van der Waals surface area contributed by atoms with E-state index >= 15 is 0 Å². The Balaban J connectivity index is 2.90. The van der Waals surface area contributed by atoms with Gasteiger partial charge in [-0.1, -0.05) is 37.6 Å². The summed E-state index contributed by atoms with van der Waals surface area (Å²) in [6, 6.07) is 5.34. The Morgan fingerprint density at radius 3 is 2.45 bits per heavy atom. The van der Waals surface area contributed by atoms with Crippen molar-refractivity contribution in [1.29, 1.82) is 0 Å². The number of carboxylic acids is 1. The van der Waals surface area contributed by atoms with Crippen LogP contribution in [0.15, 0.2) is 18.2 Å². The first-order valence-corrected chi connectivity index (χ1v) is 7.01. The molecule has 20 heavy (non-hydrogen) atoms. The first kappa shape index (κ1) is 16.7. The fourth-order valence-electron chi connectivity index (χ4n) is 2.24. The van der Waals surface area contributed by atoms with E-state index in [-0.39, 0.29) is 6.42 Å². The van der Waals surface area contributed by atoms with Crippen LogP contribution >= 0.6 is 0 Å². The zero-order valence-corrected chi connectivity index (χ0v) is 12.7. The number of nitrogens with one attached hydrogen (secondary N) is 1. The van der Waals surface area contributed by atoms with Crippen LogP contribution in [0.25, 0.3) is 0 Å². The quantitative estimate of drug-likeness (QED) is 0.717. The third kappa shape index (κ3) is 4.94. The van der Waals surface area contributed by atoms with Gasteiger partial charge in [-0.05, 0) is 37.4 Å². The lowest BCUT2D eigenvalue weighted by atomic mass is 9.94. The zero-order chi connectivity index (χ0) is 15.3. The van der Waals surface area contributed by atoms with E-state index in [2.05, 4.69) is 5.32 Å². The minimum absolute atomic E-state index is 0.0960. The molecule has 0 radical (unpaired) electrons. The van der Waals surface area contributed by atoms with E-state index in [1.165, 1.54) is 0 Å². The van der Waals surface area contributed by atoms with Crippen LogP contribution in [-0.4, -0.2) is 28.8 Å². The van der Waals surface area contributed by atoms with Crippen molar-refractivity contribution in [2.45, 2.75) is 46.3 Å². The van der Waals surface area contributed by atoms with E-state index in [1.54, 1.807) is 0 Å². The molecule has 0 aliphatic carbocycles. The van der Waals surface area contributed by atoms with E-state index in [9.17, 15) is 9.90 Å². The average molecular weight is 279 g/mol. The lowest BCUT2D eigenvalue weighted by Gasteiger charge is -2.25. The Labute approximate surface area is 120 Å². The van der Waals surface area contributed by atoms with Crippen LogP contribution in [0.3, 0.4) is 0 Å². The summed E-state index contributed by atoms with van der Waals surface area (Å²) in [5.41, 5.74) is 2.90. The fourth-order valence-corrected chi connectivity index (χ4v) is 2.24. The van der Waals surface area contributed by atoms with Gasteiger partial charge in [0.2, 0.25) is 0 Å². The van der Waals surface area contributed by atoms with Crippen molar-refractivity contribution in [3.05, 3.63) is 34.9 Å². The molecule has 1 rings (SSSR count). The van der Waals surface area contributed by atoms with E-state index in [0.29, 0.717) is 12.5 Å². The lowest BCUT2D eigenvalue weighted by molar-refractivity contribution is -0.138. The molecule has 2 atom stereocenters. The average Bonchev–Trinajstić information content (AvgIpc) is 2.33. The molecule has 0 fully saturated rings. The van der Waals surface area contributed by atoms with Gasteiger partial charge in [0.1, 0.15) is 0 Å². The second-order valence-corrected chi connectivity index (χ2v) is 5.81. The molecular formula is C16H25NO3. The van der Waals surface area contributed by atoms with Gasteiger partial charge in [0.15, 0.2) is 0 Å². The summed E-state index contributed by atoms with van der Waals surface area (Å²) in [5, 5.41) is 22.7. The first-order valence-electron chi connectivity index (χ1n) is 7.01. The SMILES string of the molecule is Cc1ccc(C(O)C(CC(=O)O)NCC(C)C)c(C)c1. The molecular weight excluding hydrogens is 254 g/mol. The van der Waals surface area contributed by atoms with Crippen LogP contribution in [0.4, 0.5) is 0 Å². The number of carbonyl (C=O) groups is 1. The second-order valence-electron chi connectivity index (χ2n) is 5.81. The maximum atomic E-state index is 11.0. The second kappa shape index (κ2) is 7.41. The molecule has 0 spiro atoms. The molecule has 0 aromatic heterocycles. The largest absolute Gasteiger partial charge is 0.481 e. The van der Waals surface area contributed by atoms with Gasteiger partial charge in [0.05, 0.1) is 12.5 Å². The smallest absolute Gasteiger partial charge is 0.305 e. The van der Waals surface area contributed by atoms with E-state index in [0.717, 1.165) is 16.7 Å². The van der Waals surface area contributed by atoms with Crippen molar-refractivity contribution in [2.24, 2.45) is 5.92 Å². The van der Waals surface area contributed by atoms with Crippen LogP contribution in [0, 0.1) is 19.8 Å². The Morgan fingerprint density at radius 2 is 1.95 bits per heavy atom. The minimum atomic E-state index is -0.907. The fraction of sp³-hybridized carbons (Fsp3) is 0.562. The van der Waals surface area contributed by atoms with E-state index in [4.69, 9.17) is 5.11 Å². The normalized spacial score (nSPS) is 14.3. The summed E-state index contributed by atoms with van der Waals surface area (Å²) in [7, 11) is 0. The van der Waals surface area contributed by atoms with Crippen molar-refractivity contribution in [3.8, 4) is 0 Å². The Hall–Kier alpha value is -1.39. The van der Waals surface area contributed by atoms with Crippen LogP contribution in [0.1, 0.15) is 43.1 Å². The Bertz CT molecular complexity index is 457. The van der Waals surface area contributed by atoms with Gasteiger partial charge in [-0.3, -0.25) is 4.79 Å². The number of carboxylic acid groups (broad SMARTS) is 1. The van der Waals surface area contributed by atoms with Gasteiger partial charge >= 0.3 is 5.97 Å². The first-order chi connectivity index (χ1) is 9.31. The minimum Gasteiger partial charge on any atom is -0.481 e. The molecule has 3 N–H and O–H groups in total. The van der Waals surface area contributed by atoms with Crippen molar-refractivity contribution in [1.82, 2.24) is 5.32 Å². The van der Waals surface area contributed by atoms with Gasteiger partial charge in [-0.15, -0.1) is 0 Å². The summed E-state index contributed by atoms with van der Waals surface area (Å²) >= 11 is 0. The molecule has 0 saturated carbocycles. The standard InChI is InChI=1S/C16H25NO3/c1-10(2)9-17-14(8-15(18)19)16(20)13-6-5-11(3)7-12(13)4/h5-7,10,14,16-17,20H,8-9H2,1-4H3,(H,18,19). The van der Waals surface area contributed by atoms with Crippen molar-refractivity contribution in [3.63, 3.8) is 0 Å². The summed E-state index contributed by atoms with van der Waals surface area (Å²) < 4.78 is 0. The summed E-state index contributed by atoms with van der Waals surface area (Å²) in [4.78, 5) is 11.0. The molecule has 0 aliphatic rings. The summed E-state index contributed by atoms with van der Waals surface area (Å²) in [5.74, 6) is -0.507. The van der Waals surface area contributed by atoms with Gasteiger partial charge in [0.25, 0.3) is 0 Å². The van der Waals surface area contributed by atoms with Crippen LogP contribution in [0.5, 0.6) is 0 Å². The van der Waals surface area contributed by atoms with E-state index < -0.39 is 18.1 Å². The molecule has 0 bridgehead atoms. The molecule has 4 heteroatoms. The van der Waals surface area contributed by atoms with E-state index in [1.807, 2.05) is 45.9 Å².